The van der Waals surface area contributed by atoms with Crippen LogP contribution in [0.1, 0.15) is 0 Å². The van der Waals surface area contributed by atoms with Gasteiger partial charge in [0.05, 0.1) is 0 Å². The van der Waals surface area contributed by atoms with Gasteiger partial charge in [-0.15, -0.1) is 0 Å². The molecule has 24 heavy (non-hydrogen) atoms. The lowest BCUT2D eigenvalue weighted by molar-refractivity contribution is 0.620. The van der Waals surface area contributed by atoms with Crippen molar-refractivity contribution in [2.24, 2.45) is 0 Å². The highest BCUT2D eigenvalue weighted by atomic mass is 35.5. The third kappa shape index (κ3) is 1.93. The van der Waals surface area contributed by atoms with Crippen molar-refractivity contribution in [3.05, 3.63) is 77.8 Å². The molecule has 0 bridgehead atoms. The highest BCUT2D eigenvalue weighted by molar-refractivity contribution is 6.35. The zero-order valence-electron chi connectivity index (χ0n) is 12.7. The molecule has 0 fully saturated rings. The molecule has 0 aliphatic heterocycles. The number of aromatic nitrogens is 1. The molecule has 0 atom stereocenters. The summed E-state index contributed by atoms with van der Waals surface area (Å²) in [5, 5.41) is 5.04. The summed E-state index contributed by atoms with van der Waals surface area (Å²) >= 11 is 6.32. The first-order valence-electron chi connectivity index (χ1n) is 7.77. The largest absolute Gasteiger partial charge is 0.436 e. The highest BCUT2D eigenvalue weighted by Gasteiger charge is 2.13. The van der Waals surface area contributed by atoms with Crippen molar-refractivity contribution >= 4 is 44.2 Å². The average Bonchev–Trinajstić information content (AvgIpc) is 3.06. The van der Waals surface area contributed by atoms with Crippen LogP contribution in [0.25, 0.3) is 44.1 Å². The smallest absolute Gasteiger partial charge is 0.227 e. The normalized spacial score (nSPS) is 11.5. The molecule has 0 spiro atoms. The van der Waals surface area contributed by atoms with Crippen LogP contribution in [0.15, 0.2) is 77.2 Å². The second-order valence-electron chi connectivity index (χ2n) is 5.79. The fraction of sp³-hybridized carbons (Fsp3) is 0. The van der Waals surface area contributed by atoms with Gasteiger partial charge in [0.25, 0.3) is 0 Å². The molecule has 2 nitrogen and oxygen atoms in total. The van der Waals surface area contributed by atoms with Crippen LogP contribution >= 0.6 is 11.6 Å². The summed E-state index contributed by atoms with van der Waals surface area (Å²) in [7, 11) is 0. The number of hydrogen-bond donors (Lipinski definition) is 0. The molecule has 0 amide bonds. The number of fused-ring (bicyclic) bond motifs is 4. The van der Waals surface area contributed by atoms with E-state index in [0.29, 0.717) is 5.89 Å². The molecule has 0 radical (unpaired) electrons. The lowest BCUT2D eigenvalue weighted by Crippen LogP contribution is -1.82. The third-order valence-corrected chi connectivity index (χ3v) is 4.71. The maximum Gasteiger partial charge on any atom is 0.227 e. The summed E-state index contributed by atoms with van der Waals surface area (Å²) in [6.07, 6.45) is 0. The van der Waals surface area contributed by atoms with E-state index < -0.39 is 0 Å². The third-order valence-electron chi connectivity index (χ3n) is 4.38. The van der Waals surface area contributed by atoms with Gasteiger partial charge >= 0.3 is 0 Å². The van der Waals surface area contributed by atoms with E-state index >= 15 is 0 Å². The van der Waals surface area contributed by atoms with Gasteiger partial charge in [-0.3, -0.25) is 0 Å². The van der Waals surface area contributed by atoms with Crippen molar-refractivity contribution in [3.8, 4) is 11.5 Å². The van der Waals surface area contributed by atoms with Crippen molar-refractivity contribution in [2.45, 2.75) is 0 Å². The molecule has 3 heteroatoms. The molecule has 4 aromatic carbocycles. The molecule has 0 aliphatic carbocycles. The minimum absolute atomic E-state index is 0.620. The van der Waals surface area contributed by atoms with E-state index in [1.54, 1.807) is 0 Å². The van der Waals surface area contributed by atoms with Crippen LogP contribution in [0, 0.1) is 0 Å². The molecule has 0 saturated heterocycles. The van der Waals surface area contributed by atoms with Gasteiger partial charge in [-0.25, -0.2) is 4.98 Å². The quantitative estimate of drug-likeness (QED) is 0.353. The fourth-order valence-corrected chi connectivity index (χ4v) is 3.47. The highest BCUT2D eigenvalue weighted by Crippen LogP contribution is 2.35. The van der Waals surface area contributed by atoms with Crippen LogP contribution < -0.4 is 0 Å². The lowest BCUT2D eigenvalue weighted by atomic mass is 10.0. The molecule has 0 saturated carbocycles. The molecular weight excluding hydrogens is 318 g/mol. The summed E-state index contributed by atoms with van der Waals surface area (Å²) in [5.41, 5.74) is 2.64. The van der Waals surface area contributed by atoms with Crippen molar-refractivity contribution in [1.29, 1.82) is 0 Å². The van der Waals surface area contributed by atoms with Crippen molar-refractivity contribution in [3.63, 3.8) is 0 Å². The summed E-state index contributed by atoms with van der Waals surface area (Å²) in [4.78, 5) is 4.78. The molecule has 5 rings (SSSR count). The Morgan fingerprint density at radius 2 is 1.50 bits per heavy atom. The van der Waals surface area contributed by atoms with Gasteiger partial charge < -0.3 is 4.42 Å². The Kier molecular flexibility index (Phi) is 2.88. The summed E-state index contributed by atoms with van der Waals surface area (Å²) < 4.78 is 6.06. The van der Waals surface area contributed by atoms with Crippen LogP contribution in [-0.2, 0) is 0 Å². The second kappa shape index (κ2) is 5.08. The number of rotatable bonds is 1. The Morgan fingerprint density at radius 1 is 0.708 bits per heavy atom. The van der Waals surface area contributed by atoms with Crippen LogP contribution in [0.3, 0.4) is 0 Å². The van der Waals surface area contributed by atoms with Crippen molar-refractivity contribution < 1.29 is 4.42 Å². The van der Waals surface area contributed by atoms with E-state index in [2.05, 4.69) is 18.2 Å². The first-order valence-corrected chi connectivity index (χ1v) is 8.15. The first kappa shape index (κ1) is 13.6. The van der Waals surface area contributed by atoms with E-state index in [4.69, 9.17) is 21.0 Å². The summed E-state index contributed by atoms with van der Waals surface area (Å²) in [5.74, 6) is 0.620. The number of halogens is 1. The van der Waals surface area contributed by atoms with Crippen LogP contribution in [0.2, 0.25) is 5.02 Å². The molecule has 0 aliphatic rings. The number of hydrogen-bond acceptors (Lipinski definition) is 2. The number of benzene rings is 4. The zero-order chi connectivity index (χ0) is 16.1. The van der Waals surface area contributed by atoms with Gasteiger partial charge in [0.2, 0.25) is 5.89 Å². The number of oxazole rings is 1. The van der Waals surface area contributed by atoms with Crippen molar-refractivity contribution in [2.75, 3.05) is 0 Å². The van der Waals surface area contributed by atoms with Gasteiger partial charge in [0.15, 0.2) is 5.58 Å². The maximum atomic E-state index is 6.32. The van der Waals surface area contributed by atoms with E-state index in [-0.39, 0.29) is 0 Å². The summed E-state index contributed by atoms with van der Waals surface area (Å²) in [6.45, 7) is 0. The molecule has 0 unspecified atom stereocenters. The van der Waals surface area contributed by atoms with Gasteiger partial charge in [-0.1, -0.05) is 66.2 Å². The standard InChI is InChI=1S/C21H12ClNO/c22-18-10-4-7-15-16(18)8-3-9-17(15)21-23-20-14-6-2-1-5-13(14)11-12-19(20)24-21/h1-12H. The van der Waals surface area contributed by atoms with Crippen LogP contribution in [-0.4, -0.2) is 4.98 Å². The first-order chi connectivity index (χ1) is 11.8. The number of nitrogens with zero attached hydrogens (tertiary/aromatic N) is 1. The van der Waals surface area contributed by atoms with Gasteiger partial charge in [0, 0.05) is 21.4 Å². The van der Waals surface area contributed by atoms with Crippen LogP contribution in [0.5, 0.6) is 0 Å². The molecule has 1 aromatic heterocycles. The SMILES string of the molecule is Clc1cccc2c(-c3nc4c(ccc5ccccc54)o3)cccc12. The predicted octanol–water partition coefficient (Wildman–Crippen LogP) is 6.45. The summed E-state index contributed by atoms with van der Waals surface area (Å²) in [6, 6.07) is 24.2. The Hall–Kier alpha value is -2.84. The zero-order valence-corrected chi connectivity index (χ0v) is 13.4. The predicted molar refractivity (Wildman–Crippen MR) is 99.5 cm³/mol. The fourth-order valence-electron chi connectivity index (χ4n) is 3.23. The Bertz CT molecular complexity index is 1220. The minimum Gasteiger partial charge on any atom is -0.436 e. The second-order valence-corrected chi connectivity index (χ2v) is 6.20. The average molecular weight is 330 g/mol. The molecule has 114 valence electrons. The van der Waals surface area contributed by atoms with Gasteiger partial charge in [-0.05, 0) is 29.0 Å². The minimum atomic E-state index is 0.620. The van der Waals surface area contributed by atoms with Crippen LogP contribution in [0.4, 0.5) is 0 Å². The lowest BCUT2D eigenvalue weighted by Gasteiger charge is -2.04. The van der Waals surface area contributed by atoms with E-state index in [0.717, 1.165) is 43.2 Å². The van der Waals surface area contributed by atoms with E-state index in [9.17, 15) is 0 Å². The topological polar surface area (TPSA) is 26.0 Å². The van der Waals surface area contributed by atoms with E-state index in [1.807, 2.05) is 54.6 Å². The molecule has 5 aromatic rings. The maximum absolute atomic E-state index is 6.32. The molecule has 1 heterocycles. The Labute approximate surface area is 143 Å². The Morgan fingerprint density at radius 3 is 2.46 bits per heavy atom. The van der Waals surface area contributed by atoms with Gasteiger partial charge in [-0.2, -0.15) is 0 Å². The van der Waals surface area contributed by atoms with Gasteiger partial charge in [0.1, 0.15) is 5.52 Å². The van der Waals surface area contributed by atoms with E-state index in [1.165, 1.54) is 0 Å². The molecule has 0 N–H and O–H groups in total. The molecular formula is C21H12ClNO. The monoisotopic (exact) mass is 329 g/mol. The van der Waals surface area contributed by atoms with Crippen molar-refractivity contribution in [1.82, 2.24) is 4.98 Å². The Balaban J connectivity index is 1.84.